The number of rotatable bonds is 6. The average Bonchev–Trinajstić information content (AvgIpc) is 3.22. The van der Waals surface area contributed by atoms with E-state index in [1.165, 1.54) is 24.2 Å². The number of hydrogen-bond donors (Lipinski definition) is 1. The van der Waals surface area contributed by atoms with Gasteiger partial charge in [-0.25, -0.2) is 4.98 Å². The first-order valence-corrected chi connectivity index (χ1v) is 8.93. The molecule has 1 aliphatic rings. The van der Waals surface area contributed by atoms with Crippen LogP contribution in [0.4, 0.5) is 5.13 Å². The number of thiazole rings is 1. The Kier molecular flexibility index (Phi) is 4.90. The molecule has 1 aliphatic carbocycles. The van der Waals surface area contributed by atoms with Gasteiger partial charge in [-0.05, 0) is 37.8 Å². The molecule has 0 spiro atoms. The van der Waals surface area contributed by atoms with Crippen molar-refractivity contribution in [2.45, 2.75) is 25.9 Å². The predicted octanol–water partition coefficient (Wildman–Crippen LogP) is 4.33. The Balaban J connectivity index is 1.59. The Hall–Kier alpha value is -1.24. The average molecular weight is 381 g/mol. The molecular weight excluding hydrogens is 364 g/mol. The summed E-state index contributed by atoms with van der Waals surface area (Å²) in [7, 11) is 0. The molecule has 1 N–H and O–H groups in total. The summed E-state index contributed by atoms with van der Waals surface area (Å²) in [5.41, 5.74) is 1.87. The third kappa shape index (κ3) is 4.15. The minimum absolute atomic E-state index is 0.143. The fraction of sp³-hybridized carbons (Fsp3) is 0.375. The zero-order chi connectivity index (χ0) is 15.5. The first-order valence-electron chi connectivity index (χ1n) is 7.26. The zero-order valence-corrected chi connectivity index (χ0v) is 14.6. The number of carbonyl (C=O) groups is 1. The van der Waals surface area contributed by atoms with Gasteiger partial charge in [0.25, 0.3) is 5.91 Å². The number of hydrogen-bond acceptors (Lipinski definition) is 4. The van der Waals surface area contributed by atoms with Gasteiger partial charge in [0, 0.05) is 15.4 Å². The molecule has 0 aliphatic heterocycles. The minimum Gasteiger partial charge on any atom is -0.368 e. The number of amides is 1. The Bertz CT molecular complexity index is 670. The topological polar surface area (TPSA) is 51.2 Å². The van der Waals surface area contributed by atoms with E-state index in [0.29, 0.717) is 17.7 Å². The van der Waals surface area contributed by atoms with Crippen LogP contribution in [0.1, 0.15) is 19.8 Å². The van der Waals surface area contributed by atoms with E-state index in [4.69, 9.17) is 4.74 Å². The smallest absolute Gasteiger partial charge is 0.254 e. The minimum atomic E-state index is -0.446. The summed E-state index contributed by atoms with van der Waals surface area (Å²) in [4.78, 5) is 16.5. The molecule has 0 bridgehead atoms. The quantitative estimate of drug-likeness (QED) is 0.811. The fourth-order valence-corrected chi connectivity index (χ4v) is 3.08. The first-order chi connectivity index (χ1) is 10.6. The molecule has 3 rings (SSSR count). The van der Waals surface area contributed by atoms with E-state index in [9.17, 15) is 4.79 Å². The van der Waals surface area contributed by atoms with Crippen molar-refractivity contribution in [3.63, 3.8) is 0 Å². The lowest BCUT2D eigenvalue weighted by Crippen LogP contribution is -2.28. The first kappa shape index (κ1) is 15.6. The maximum Gasteiger partial charge on any atom is 0.254 e. The highest BCUT2D eigenvalue weighted by Crippen LogP contribution is 2.29. The second-order valence-corrected chi connectivity index (χ2v) is 7.23. The molecule has 1 heterocycles. The molecule has 1 unspecified atom stereocenters. The lowest BCUT2D eigenvalue weighted by Gasteiger charge is -2.11. The van der Waals surface area contributed by atoms with E-state index in [2.05, 4.69) is 26.2 Å². The maximum atomic E-state index is 12.1. The molecule has 0 radical (unpaired) electrons. The molecule has 22 heavy (non-hydrogen) atoms. The van der Waals surface area contributed by atoms with Crippen molar-refractivity contribution < 1.29 is 9.53 Å². The van der Waals surface area contributed by atoms with Crippen molar-refractivity contribution in [2.24, 2.45) is 5.92 Å². The molecule has 1 aromatic heterocycles. The number of nitrogens with one attached hydrogen (secondary N) is 1. The van der Waals surface area contributed by atoms with Crippen LogP contribution in [0.15, 0.2) is 34.1 Å². The third-order valence-corrected chi connectivity index (χ3v) is 4.75. The fourth-order valence-electron chi connectivity index (χ4n) is 1.96. The molecule has 1 amide bonds. The lowest BCUT2D eigenvalue weighted by molar-refractivity contribution is -0.126. The van der Waals surface area contributed by atoms with Gasteiger partial charge in [-0.1, -0.05) is 28.1 Å². The molecule has 1 atom stereocenters. The number of carbonyl (C=O) groups excluding carboxylic acids is 1. The van der Waals surface area contributed by atoms with E-state index in [1.54, 1.807) is 6.92 Å². The predicted molar refractivity (Wildman–Crippen MR) is 92.0 cm³/mol. The SMILES string of the molecule is CC(OCC1CC1)C(=O)Nc1nc(-c2cccc(Br)c2)cs1. The summed E-state index contributed by atoms with van der Waals surface area (Å²) in [6.45, 7) is 2.45. The Morgan fingerprint density at radius 1 is 1.55 bits per heavy atom. The van der Waals surface area contributed by atoms with Gasteiger partial charge >= 0.3 is 0 Å². The van der Waals surface area contributed by atoms with Gasteiger partial charge in [0.15, 0.2) is 5.13 Å². The van der Waals surface area contributed by atoms with Crippen molar-refractivity contribution in [1.82, 2.24) is 4.98 Å². The largest absolute Gasteiger partial charge is 0.368 e. The summed E-state index contributed by atoms with van der Waals surface area (Å²) >= 11 is 4.87. The summed E-state index contributed by atoms with van der Waals surface area (Å²) in [5.74, 6) is 0.508. The van der Waals surface area contributed by atoms with Crippen LogP contribution < -0.4 is 5.32 Å². The van der Waals surface area contributed by atoms with Gasteiger partial charge in [0.05, 0.1) is 12.3 Å². The Morgan fingerprint density at radius 2 is 2.36 bits per heavy atom. The van der Waals surface area contributed by atoms with Gasteiger partial charge in [-0.2, -0.15) is 0 Å². The molecule has 2 aromatic rings. The molecule has 0 saturated heterocycles. The molecular formula is C16H17BrN2O2S. The van der Waals surface area contributed by atoms with E-state index in [-0.39, 0.29) is 5.91 Å². The summed E-state index contributed by atoms with van der Waals surface area (Å²) in [6.07, 6.45) is 1.99. The van der Waals surface area contributed by atoms with Crippen LogP contribution in [0.3, 0.4) is 0 Å². The van der Waals surface area contributed by atoms with Crippen LogP contribution in [-0.2, 0) is 9.53 Å². The lowest BCUT2D eigenvalue weighted by atomic mass is 10.2. The Morgan fingerprint density at radius 3 is 3.09 bits per heavy atom. The summed E-state index contributed by atoms with van der Waals surface area (Å²) in [5, 5.41) is 5.36. The van der Waals surface area contributed by atoms with Crippen LogP contribution in [0.5, 0.6) is 0 Å². The maximum absolute atomic E-state index is 12.1. The van der Waals surface area contributed by atoms with Crippen LogP contribution in [0, 0.1) is 5.92 Å². The molecule has 1 aromatic carbocycles. The van der Waals surface area contributed by atoms with E-state index in [0.717, 1.165) is 15.7 Å². The molecule has 6 heteroatoms. The standard InChI is InChI=1S/C16H17BrN2O2S/c1-10(21-8-11-5-6-11)15(20)19-16-18-14(9-22-16)12-3-2-4-13(17)7-12/h2-4,7,9-11H,5-6,8H2,1H3,(H,18,19,20). The number of aromatic nitrogens is 1. The Labute approximate surface area is 142 Å². The zero-order valence-electron chi connectivity index (χ0n) is 12.2. The van der Waals surface area contributed by atoms with Gasteiger partial charge in [0.1, 0.15) is 6.10 Å². The monoisotopic (exact) mass is 380 g/mol. The third-order valence-electron chi connectivity index (χ3n) is 3.50. The molecule has 116 valence electrons. The van der Waals surface area contributed by atoms with Gasteiger partial charge in [0.2, 0.25) is 0 Å². The van der Waals surface area contributed by atoms with Crippen molar-refractivity contribution in [1.29, 1.82) is 0 Å². The van der Waals surface area contributed by atoms with E-state index < -0.39 is 6.10 Å². The number of nitrogens with zero attached hydrogens (tertiary/aromatic N) is 1. The number of ether oxygens (including phenoxy) is 1. The second-order valence-electron chi connectivity index (χ2n) is 5.46. The van der Waals surface area contributed by atoms with Crippen LogP contribution in [-0.4, -0.2) is 23.6 Å². The summed E-state index contributed by atoms with van der Waals surface area (Å²) in [6, 6.07) is 7.93. The van der Waals surface area contributed by atoms with Gasteiger partial charge in [-0.15, -0.1) is 11.3 Å². The van der Waals surface area contributed by atoms with Crippen LogP contribution in [0.2, 0.25) is 0 Å². The van der Waals surface area contributed by atoms with Crippen molar-refractivity contribution in [3.8, 4) is 11.3 Å². The van der Waals surface area contributed by atoms with Crippen LogP contribution in [0.25, 0.3) is 11.3 Å². The highest BCUT2D eigenvalue weighted by molar-refractivity contribution is 9.10. The highest BCUT2D eigenvalue weighted by Gasteiger charge is 2.24. The summed E-state index contributed by atoms with van der Waals surface area (Å²) < 4.78 is 6.57. The molecule has 1 fully saturated rings. The van der Waals surface area contributed by atoms with Crippen molar-refractivity contribution >= 4 is 38.3 Å². The van der Waals surface area contributed by atoms with Crippen molar-refractivity contribution in [2.75, 3.05) is 11.9 Å². The number of halogens is 1. The molecule has 4 nitrogen and oxygen atoms in total. The van der Waals surface area contributed by atoms with Crippen molar-refractivity contribution in [3.05, 3.63) is 34.1 Å². The number of benzene rings is 1. The normalized spacial score (nSPS) is 15.5. The van der Waals surface area contributed by atoms with E-state index >= 15 is 0 Å². The van der Waals surface area contributed by atoms with Crippen LogP contribution >= 0.6 is 27.3 Å². The van der Waals surface area contributed by atoms with Gasteiger partial charge < -0.3 is 4.74 Å². The second kappa shape index (κ2) is 6.89. The molecule has 1 saturated carbocycles. The number of anilines is 1. The van der Waals surface area contributed by atoms with Gasteiger partial charge in [-0.3, -0.25) is 10.1 Å². The van der Waals surface area contributed by atoms with E-state index in [1.807, 2.05) is 29.6 Å². The highest BCUT2D eigenvalue weighted by atomic mass is 79.9.